The van der Waals surface area contributed by atoms with Crippen LogP contribution in [0.1, 0.15) is 23.2 Å². The molecule has 0 radical (unpaired) electrons. The molecule has 1 fully saturated rings. The Hall–Kier alpha value is -0.680. The minimum atomic E-state index is -0.0915. The quantitative estimate of drug-likeness (QED) is 0.771. The maximum absolute atomic E-state index is 12.2. The van der Waals surface area contributed by atoms with Crippen molar-refractivity contribution in [2.75, 3.05) is 13.1 Å². The first-order valence-corrected chi connectivity index (χ1v) is 6.92. The number of hydrogen-bond acceptors (Lipinski definition) is 2. The first-order chi connectivity index (χ1) is 8.08. The van der Waals surface area contributed by atoms with Gasteiger partial charge in [0.2, 0.25) is 0 Å². The van der Waals surface area contributed by atoms with E-state index in [4.69, 9.17) is 0 Å². The second kappa shape index (κ2) is 5.31. The predicted octanol–water partition coefficient (Wildman–Crippen LogP) is 3.02. The number of hydrogen-bond donors (Lipinski definition) is 0. The third-order valence-corrected chi connectivity index (χ3v) is 3.88. The molecular weight excluding hydrogens is 350 g/mol. The van der Waals surface area contributed by atoms with Gasteiger partial charge in [-0.3, -0.25) is 9.59 Å². The first-order valence-electron chi connectivity index (χ1n) is 5.34. The summed E-state index contributed by atoms with van der Waals surface area (Å²) in [5.41, 5.74) is 0.592. The topological polar surface area (TPSA) is 37.4 Å². The summed E-state index contributed by atoms with van der Waals surface area (Å²) >= 11 is 6.70. The highest BCUT2D eigenvalue weighted by Crippen LogP contribution is 2.23. The van der Waals surface area contributed by atoms with Crippen LogP contribution in [0.25, 0.3) is 0 Å². The lowest BCUT2D eigenvalue weighted by atomic mass is 10.1. The monoisotopic (exact) mass is 359 g/mol. The molecule has 1 aliphatic heterocycles. The Balaban J connectivity index is 2.24. The van der Waals surface area contributed by atoms with E-state index in [9.17, 15) is 9.59 Å². The van der Waals surface area contributed by atoms with Gasteiger partial charge in [-0.2, -0.15) is 0 Å². The van der Waals surface area contributed by atoms with E-state index in [-0.39, 0.29) is 18.2 Å². The van der Waals surface area contributed by atoms with Crippen molar-refractivity contribution in [2.45, 2.75) is 12.8 Å². The fourth-order valence-electron chi connectivity index (χ4n) is 1.84. The highest BCUT2D eigenvalue weighted by Gasteiger charge is 2.23. The van der Waals surface area contributed by atoms with Crippen LogP contribution in [0.4, 0.5) is 0 Å². The van der Waals surface area contributed by atoms with Gasteiger partial charge in [0.15, 0.2) is 5.78 Å². The van der Waals surface area contributed by atoms with Crippen LogP contribution in [0, 0.1) is 0 Å². The van der Waals surface area contributed by atoms with Crippen molar-refractivity contribution in [1.29, 1.82) is 0 Å². The van der Waals surface area contributed by atoms with Gasteiger partial charge < -0.3 is 4.90 Å². The number of nitrogens with zero attached hydrogens (tertiary/aromatic N) is 1. The number of Topliss-reactive ketones (excluding diaryl/α,β-unsaturated/α-hetero) is 1. The Labute approximate surface area is 116 Å². The van der Waals surface area contributed by atoms with Gasteiger partial charge in [-0.15, -0.1) is 0 Å². The van der Waals surface area contributed by atoms with E-state index >= 15 is 0 Å². The van der Waals surface area contributed by atoms with Crippen molar-refractivity contribution >= 4 is 43.6 Å². The van der Waals surface area contributed by atoms with Gasteiger partial charge in [0.05, 0.1) is 12.1 Å². The van der Waals surface area contributed by atoms with E-state index in [0.29, 0.717) is 18.5 Å². The van der Waals surface area contributed by atoms with Gasteiger partial charge in [0.25, 0.3) is 5.91 Å². The molecule has 17 heavy (non-hydrogen) atoms. The van der Waals surface area contributed by atoms with E-state index in [1.54, 1.807) is 11.0 Å². The van der Waals surface area contributed by atoms with Crippen molar-refractivity contribution in [2.24, 2.45) is 0 Å². The van der Waals surface area contributed by atoms with Crippen LogP contribution < -0.4 is 0 Å². The van der Waals surface area contributed by atoms with E-state index in [2.05, 4.69) is 31.9 Å². The summed E-state index contributed by atoms with van der Waals surface area (Å²) in [7, 11) is 0. The van der Waals surface area contributed by atoms with Crippen LogP contribution in [0.2, 0.25) is 0 Å². The minimum absolute atomic E-state index is 0.0915. The summed E-state index contributed by atoms with van der Waals surface area (Å²) in [6, 6.07) is 5.46. The van der Waals surface area contributed by atoms with E-state index < -0.39 is 0 Å². The molecule has 0 atom stereocenters. The summed E-state index contributed by atoms with van der Waals surface area (Å²) in [6.07, 6.45) is 1.35. The number of carbonyl (C=O) groups excluding carboxylic acids is 2. The summed E-state index contributed by atoms with van der Waals surface area (Å²) in [5.74, 6) is 0.0435. The minimum Gasteiger partial charge on any atom is -0.331 e. The van der Waals surface area contributed by atoms with Crippen molar-refractivity contribution < 1.29 is 9.59 Å². The van der Waals surface area contributed by atoms with Crippen LogP contribution in [-0.2, 0) is 4.79 Å². The molecule has 1 aromatic rings. The summed E-state index contributed by atoms with van der Waals surface area (Å²) in [6.45, 7) is 0.890. The molecule has 0 saturated carbocycles. The number of ketones is 1. The van der Waals surface area contributed by atoms with Gasteiger partial charge in [0.1, 0.15) is 0 Å². The van der Waals surface area contributed by atoms with Gasteiger partial charge in [-0.1, -0.05) is 15.9 Å². The summed E-state index contributed by atoms with van der Waals surface area (Å²) in [5, 5.41) is 0. The Morgan fingerprint density at radius 2 is 2.06 bits per heavy atom. The number of likely N-dealkylation sites (tertiary alicyclic amines) is 1. The third kappa shape index (κ3) is 2.96. The van der Waals surface area contributed by atoms with Crippen LogP contribution >= 0.6 is 31.9 Å². The number of amides is 1. The number of rotatable bonds is 1. The van der Waals surface area contributed by atoms with Crippen molar-refractivity contribution in [1.82, 2.24) is 4.90 Å². The third-order valence-electron chi connectivity index (χ3n) is 2.70. The van der Waals surface area contributed by atoms with Crippen molar-refractivity contribution in [3.63, 3.8) is 0 Å². The maximum atomic E-state index is 12.2. The van der Waals surface area contributed by atoms with Gasteiger partial charge >= 0.3 is 0 Å². The molecule has 0 aromatic heterocycles. The molecular formula is C12H11Br2NO2. The zero-order chi connectivity index (χ0) is 12.4. The van der Waals surface area contributed by atoms with E-state index in [1.165, 1.54) is 0 Å². The van der Waals surface area contributed by atoms with Crippen molar-refractivity contribution in [3.8, 4) is 0 Å². The highest BCUT2D eigenvalue weighted by atomic mass is 79.9. The predicted molar refractivity (Wildman–Crippen MR) is 72.0 cm³/mol. The van der Waals surface area contributed by atoms with Gasteiger partial charge in [0, 0.05) is 21.9 Å². The molecule has 1 heterocycles. The maximum Gasteiger partial charge on any atom is 0.255 e. The van der Waals surface area contributed by atoms with Crippen LogP contribution in [0.15, 0.2) is 27.1 Å². The van der Waals surface area contributed by atoms with Crippen molar-refractivity contribution in [3.05, 3.63) is 32.7 Å². The molecule has 0 spiro atoms. The average Bonchev–Trinajstić information content (AvgIpc) is 2.31. The number of benzene rings is 1. The zero-order valence-electron chi connectivity index (χ0n) is 9.08. The fraction of sp³-hybridized carbons (Fsp3) is 0.333. The zero-order valence-corrected chi connectivity index (χ0v) is 12.3. The Kier molecular flexibility index (Phi) is 3.99. The lowest BCUT2D eigenvalue weighted by Gasteiger charge is -2.26. The molecule has 5 heteroatoms. The van der Waals surface area contributed by atoms with Crippen LogP contribution in [-0.4, -0.2) is 29.7 Å². The number of carbonyl (C=O) groups is 2. The lowest BCUT2D eigenvalue weighted by molar-refractivity contribution is -0.121. The van der Waals surface area contributed by atoms with E-state index in [0.717, 1.165) is 15.4 Å². The van der Waals surface area contributed by atoms with Crippen LogP contribution in [0.3, 0.4) is 0 Å². The Morgan fingerprint density at radius 3 is 2.76 bits per heavy atom. The molecule has 0 aliphatic carbocycles. The number of halogens is 2. The molecule has 1 saturated heterocycles. The molecule has 2 rings (SSSR count). The molecule has 90 valence electrons. The summed E-state index contributed by atoms with van der Waals surface area (Å²) in [4.78, 5) is 25.2. The lowest BCUT2D eigenvalue weighted by Crippen LogP contribution is -2.40. The fourth-order valence-corrected chi connectivity index (χ4v) is 2.62. The smallest absolute Gasteiger partial charge is 0.255 e. The molecule has 1 aliphatic rings. The molecule has 0 N–H and O–H groups in total. The normalized spacial score (nSPS) is 16.1. The standard InChI is InChI=1S/C12H11Br2NO2/c13-8-3-4-11(14)10(6-8)12(17)15-5-1-2-9(16)7-15/h3-4,6H,1-2,5,7H2. The highest BCUT2D eigenvalue weighted by molar-refractivity contribution is 9.11. The number of piperidine rings is 1. The average molecular weight is 361 g/mol. The second-order valence-corrected chi connectivity index (χ2v) is 5.76. The second-order valence-electron chi connectivity index (χ2n) is 3.99. The van der Waals surface area contributed by atoms with Gasteiger partial charge in [-0.05, 0) is 40.5 Å². The van der Waals surface area contributed by atoms with E-state index in [1.807, 2.05) is 12.1 Å². The van der Waals surface area contributed by atoms with Gasteiger partial charge in [-0.25, -0.2) is 0 Å². The molecule has 1 aromatic carbocycles. The largest absolute Gasteiger partial charge is 0.331 e. The molecule has 0 unspecified atom stereocenters. The first kappa shape index (κ1) is 12.8. The van der Waals surface area contributed by atoms with Crippen LogP contribution in [0.5, 0.6) is 0 Å². The Morgan fingerprint density at radius 1 is 1.29 bits per heavy atom. The SMILES string of the molecule is O=C1CCCN(C(=O)c2cc(Br)ccc2Br)C1. The summed E-state index contributed by atoms with van der Waals surface area (Å²) < 4.78 is 1.61. The molecule has 3 nitrogen and oxygen atoms in total. The Bertz CT molecular complexity index is 474. The molecule has 1 amide bonds. The molecule has 0 bridgehead atoms.